The Kier molecular flexibility index (Phi) is 5.83. The third-order valence-corrected chi connectivity index (χ3v) is 5.62. The number of hydrogen-bond acceptors (Lipinski definition) is 5. The zero-order chi connectivity index (χ0) is 20.2. The number of aromatic nitrogens is 1. The molecule has 0 fully saturated rings. The van der Waals surface area contributed by atoms with Crippen molar-refractivity contribution in [2.24, 2.45) is 0 Å². The number of pyridine rings is 1. The Morgan fingerprint density at radius 3 is 2.83 bits per heavy atom. The van der Waals surface area contributed by atoms with Gasteiger partial charge in [-0.25, -0.2) is 4.98 Å². The van der Waals surface area contributed by atoms with Gasteiger partial charge in [0.15, 0.2) is 0 Å². The fourth-order valence-corrected chi connectivity index (χ4v) is 3.99. The van der Waals surface area contributed by atoms with E-state index in [-0.39, 0.29) is 5.91 Å². The maximum absolute atomic E-state index is 13.1. The van der Waals surface area contributed by atoms with Crippen LogP contribution in [0.15, 0.2) is 64.6 Å². The Morgan fingerprint density at radius 2 is 2.10 bits per heavy atom. The summed E-state index contributed by atoms with van der Waals surface area (Å²) in [5.74, 6) is 1.41. The Hall–Kier alpha value is -2.83. The van der Waals surface area contributed by atoms with Gasteiger partial charge in [0, 0.05) is 17.5 Å². The Balaban J connectivity index is 1.67. The zero-order valence-corrected chi connectivity index (χ0v) is 17.4. The molecule has 29 heavy (non-hydrogen) atoms. The molecule has 1 aromatic carbocycles. The lowest BCUT2D eigenvalue weighted by atomic mass is 10.1. The summed E-state index contributed by atoms with van der Waals surface area (Å²) in [7, 11) is 0. The third kappa shape index (κ3) is 4.44. The summed E-state index contributed by atoms with van der Waals surface area (Å²) in [6.07, 6.45) is 1.60. The minimum atomic E-state index is -0.0735. The van der Waals surface area contributed by atoms with Crippen LogP contribution in [0.4, 0.5) is 0 Å². The van der Waals surface area contributed by atoms with Crippen LogP contribution in [0.25, 0.3) is 10.9 Å². The highest BCUT2D eigenvalue weighted by Crippen LogP contribution is 2.27. The summed E-state index contributed by atoms with van der Waals surface area (Å²) in [6, 6.07) is 15.0. The second-order valence-electron chi connectivity index (χ2n) is 6.44. The predicted molar refractivity (Wildman–Crippen MR) is 115 cm³/mol. The van der Waals surface area contributed by atoms with Gasteiger partial charge >= 0.3 is 0 Å². The number of thiophene rings is 1. The van der Waals surface area contributed by atoms with E-state index in [2.05, 4.69) is 4.98 Å². The first-order chi connectivity index (χ1) is 14.1. The van der Waals surface area contributed by atoms with Gasteiger partial charge in [-0.05, 0) is 54.8 Å². The van der Waals surface area contributed by atoms with Crippen molar-refractivity contribution in [1.82, 2.24) is 9.88 Å². The lowest BCUT2D eigenvalue weighted by molar-refractivity contribution is 0.0722. The van der Waals surface area contributed by atoms with Crippen molar-refractivity contribution in [2.45, 2.75) is 20.0 Å². The van der Waals surface area contributed by atoms with E-state index in [1.165, 1.54) is 11.3 Å². The van der Waals surface area contributed by atoms with Gasteiger partial charge in [0.2, 0.25) is 0 Å². The van der Waals surface area contributed by atoms with Gasteiger partial charge in [-0.15, -0.1) is 11.3 Å². The number of nitrogens with zero attached hydrogens (tertiary/aromatic N) is 2. The minimum absolute atomic E-state index is 0.0735. The highest BCUT2D eigenvalue weighted by Gasteiger charge is 2.20. The molecule has 1 amide bonds. The number of fused-ring (bicyclic) bond motifs is 1. The first-order valence-corrected chi connectivity index (χ1v) is 10.5. The fraction of sp³-hybridized carbons (Fsp3) is 0.182. The molecule has 0 saturated carbocycles. The smallest absolute Gasteiger partial charge is 0.264 e. The molecule has 148 valence electrons. The lowest BCUT2D eigenvalue weighted by Crippen LogP contribution is -2.29. The Labute approximate surface area is 177 Å². The summed E-state index contributed by atoms with van der Waals surface area (Å²) in [5, 5.41) is 3.18. The molecule has 3 heterocycles. The van der Waals surface area contributed by atoms with Gasteiger partial charge in [0.25, 0.3) is 5.91 Å². The van der Waals surface area contributed by atoms with Crippen LogP contribution in [0, 0.1) is 0 Å². The first-order valence-electron chi connectivity index (χ1n) is 9.21. The van der Waals surface area contributed by atoms with Crippen LogP contribution in [-0.4, -0.2) is 22.4 Å². The second-order valence-corrected chi connectivity index (χ2v) is 7.75. The van der Waals surface area contributed by atoms with E-state index in [0.29, 0.717) is 35.5 Å². The lowest BCUT2D eigenvalue weighted by Gasteiger charge is -2.22. The van der Waals surface area contributed by atoms with Gasteiger partial charge in [-0.3, -0.25) is 4.79 Å². The van der Waals surface area contributed by atoms with Crippen molar-refractivity contribution < 1.29 is 13.9 Å². The second kappa shape index (κ2) is 8.68. The van der Waals surface area contributed by atoms with Gasteiger partial charge < -0.3 is 14.1 Å². The molecule has 4 rings (SSSR count). The molecular formula is C22H19ClN2O3S. The van der Waals surface area contributed by atoms with Crippen molar-refractivity contribution in [1.29, 1.82) is 0 Å². The molecule has 0 unspecified atom stereocenters. The van der Waals surface area contributed by atoms with Crippen LogP contribution >= 0.6 is 22.9 Å². The SMILES string of the molecule is CCOc1ccc2nc(Cl)c(CN(Cc3ccco3)C(=O)c3cccs3)cc2c1. The van der Waals surface area contributed by atoms with Gasteiger partial charge in [0.05, 0.1) is 29.8 Å². The van der Waals surface area contributed by atoms with Crippen LogP contribution in [-0.2, 0) is 13.1 Å². The summed E-state index contributed by atoms with van der Waals surface area (Å²) in [6.45, 7) is 3.19. The number of carbonyl (C=O) groups excluding carboxylic acids is 1. The molecule has 7 heteroatoms. The molecule has 0 atom stereocenters. The fourth-order valence-electron chi connectivity index (χ4n) is 3.09. The molecule has 3 aromatic heterocycles. The molecule has 0 aliphatic heterocycles. The molecule has 0 aliphatic rings. The van der Waals surface area contributed by atoms with E-state index in [1.54, 1.807) is 11.2 Å². The standard InChI is InChI=1S/C22H19ClN2O3S/c1-2-27-17-7-8-19-15(12-17)11-16(21(23)24-19)13-25(14-18-5-3-9-28-18)22(26)20-6-4-10-29-20/h3-12H,2,13-14H2,1H3. The number of rotatable bonds is 7. The molecule has 0 N–H and O–H groups in total. The molecule has 0 bridgehead atoms. The van der Waals surface area contributed by atoms with E-state index in [1.807, 2.05) is 60.8 Å². The van der Waals surface area contributed by atoms with E-state index in [4.69, 9.17) is 20.8 Å². The number of furan rings is 1. The Bertz CT molecular complexity index is 1110. The topological polar surface area (TPSA) is 55.6 Å². The molecule has 4 aromatic rings. The largest absolute Gasteiger partial charge is 0.494 e. The van der Waals surface area contributed by atoms with Crippen LogP contribution in [0.5, 0.6) is 5.75 Å². The molecule has 0 aliphatic carbocycles. The number of halogens is 1. The van der Waals surface area contributed by atoms with Crippen molar-refractivity contribution in [3.63, 3.8) is 0 Å². The van der Waals surface area contributed by atoms with Crippen molar-refractivity contribution >= 4 is 39.7 Å². The quantitative estimate of drug-likeness (QED) is 0.351. The normalized spacial score (nSPS) is 11.0. The summed E-state index contributed by atoms with van der Waals surface area (Å²) in [5.41, 5.74) is 1.55. The van der Waals surface area contributed by atoms with Gasteiger partial charge in [-0.1, -0.05) is 17.7 Å². The van der Waals surface area contributed by atoms with Gasteiger partial charge in [-0.2, -0.15) is 0 Å². The van der Waals surface area contributed by atoms with E-state index in [0.717, 1.165) is 22.2 Å². The average Bonchev–Trinajstić information content (AvgIpc) is 3.42. The predicted octanol–water partition coefficient (Wildman–Crippen LogP) is 5.78. The number of hydrogen-bond donors (Lipinski definition) is 0. The van der Waals surface area contributed by atoms with Crippen molar-refractivity contribution in [3.8, 4) is 5.75 Å². The Morgan fingerprint density at radius 1 is 1.21 bits per heavy atom. The maximum atomic E-state index is 13.1. The highest BCUT2D eigenvalue weighted by atomic mass is 35.5. The highest BCUT2D eigenvalue weighted by molar-refractivity contribution is 7.12. The van der Waals surface area contributed by atoms with Crippen LogP contribution in [0.3, 0.4) is 0 Å². The molecule has 0 radical (unpaired) electrons. The van der Waals surface area contributed by atoms with Crippen LogP contribution in [0.1, 0.15) is 27.9 Å². The third-order valence-electron chi connectivity index (χ3n) is 4.43. The summed E-state index contributed by atoms with van der Waals surface area (Å²) in [4.78, 5) is 19.9. The number of amides is 1. The zero-order valence-electron chi connectivity index (χ0n) is 15.8. The number of carbonyl (C=O) groups is 1. The molecule has 5 nitrogen and oxygen atoms in total. The molecular weight excluding hydrogens is 408 g/mol. The van der Waals surface area contributed by atoms with Gasteiger partial charge in [0.1, 0.15) is 16.7 Å². The minimum Gasteiger partial charge on any atom is -0.494 e. The number of ether oxygens (including phenoxy) is 1. The van der Waals surface area contributed by atoms with Crippen molar-refractivity contribution in [3.05, 3.63) is 81.5 Å². The molecule has 0 spiro atoms. The number of benzene rings is 1. The van der Waals surface area contributed by atoms with Crippen LogP contribution in [0.2, 0.25) is 5.15 Å². The summed E-state index contributed by atoms with van der Waals surface area (Å²) >= 11 is 7.87. The van der Waals surface area contributed by atoms with E-state index >= 15 is 0 Å². The summed E-state index contributed by atoms with van der Waals surface area (Å²) < 4.78 is 11.0. The van der Waals surface area contributed by atoms with E-state index < -0.39 is 0 Å². The maximum Gasteiger partial charge on any atom is 0.264 e. The first kappa shape index (κ1) is 19.5. The average molecular weight is 427 g/mol. The molecule has 0 saturated heterocycles. The van der Waals surface area contributed by atoms with Crippen molar-refractivity contribution in [2.75, 3.05) is 6.61 Å². The monoisotopic (exact) mass is 426 g/mol. The van der Waals surface area contributed by atoms with E-state index in [9.17, 15) is 4.79 Å². The van der Waals surface area contributed by atoms with Crippen LogP contribution < -0.4 is 4.74 Å².